The van der Waals surface area contributed by atoms with Crippen LogP contribution in [0.3, 0.4) is 0 Å². The van der Waals surface area contributed by atoms with Crippen LogP contribution >= 0.6 is 11.6 Å². The molecule has 33 heavy (non-hydrogen) atoms. The van der Waals surface area contributed by atoms with E-state index in [0.717, 1.165) is 11.1 Å². The number of aryl methyl sites for hydroxylation is 1. The number of nitrogens with zero attached hydrogens (tertiary/aromatic N) is 1. The fraction of sp³-hybridized carbons (Fsp3) is 0.259. The Morgan fingerprint density at radius 1 is 1.09 bits per heavy atom. The van der Waals surface area contributed by atoms with Gasteiger partial charge in [0.05, 0.1) is 24.4 Å². The standard InChI is InChI=1S/C27H26ClNO4/c1-16-7-10-18(27(2,3)4)14-21(16)24(30)22-23(17-8-11-19(28)12-9-17)29(26(32)25(22)31)15-20-6-5-13-33-20/h5-14,23,30H,15H2,1-4H3/b24-22+. The Morgan fingerprint density at radius 2 is 1.79 bits per heavy atom. The van der Waals surface area contributed by atoms with Crippen LogP contribution in [-0.2, 0) is 21.5 Å². The summed E-state index contributed by atoms with van der Waals surface area (Å²) in [6.45, 7) is 8.22. The second kappa shape index (κ2) is 8.56. The van der Waals surface area contributed by atoms with Gasteiger partial charge in [-0.15, -0.1) is 0 Å². The molecule has 3 aromatic rings. The van der Waals surface area contributed by atoms with Gasteiger partial charge in [-0.25, -0.2) is 0 Å². The molecule has 4 rings (SSSR count). The summed E-state index contributed by atoms with van der Waals surface area (Å²) < 4.78 is 5.43. The van der Waals surface area contributed by atoms with Gasteiger partial charge in [-0.3, -0.25) is 9.59 Å². The van der Waals surface area contributed by atoms with Gasteiger partial charge >= 0.3 is 0 Å². The molecule has 0 bridgehead atoms. The van der Waals surface area contributed by atoms with Gasteiger partial charge in [-0.05, 0) is 59.4 Å². The number of carbonyl (C=O) groups is 2. The smallest absolute Gasteiger partial charge is 0.296 e. The fourth-order valence-electron chi connectivity index (χ4n) is 4.09. The number of likely N-dealkylation sites (tertiary alicyclic amines) is 1. The first-order valence-electron chi connectivity index (χ1n) is 10.8. The fourth-order valence-corrected chi connectivity index (χ4v) is 4.22. The number of halogens is 1. The molecule has 2 heterocycles. The van der Waals surface area contributed by atoms with Crippen molar-refractivity contribution in [2.24, 2.45) is 0 Å². The van der Waals surface area contributed by atoms with Crippen molar-refractivity contribution in [3.8, 4) is 0 Å². The molecule has 170 valence electrons. The Bertz CT molecular complexity index is 1230. The van der Waals surface area contributed by atoms with E-state index in [-0.39, 0.29) is 23.3 Å². The van der Waals surface area contributed by atoms with Crippen molar-refractivity contribution >= 4 is 29.1 Å². The van der Waals surface area contributed by atoms with E-state index < -0.39 is 17.7 Å². The van der Waals surface area contributed by atoms with Crippen LogP contribution in [0.1, 0.15) is 54.8 Å². The molecule has 0 spiro atoms. The average molecular weight is 464 g/mol. The number of hydrogen-bond acceptors (Lipinski definition) is 4. The van der Waals surface area contributed by atoms with E-state index in [9.17, 15) is 14.7 Å². The molecule has 0 radical (unpaired) electrons. The summed E-state index contributed by atoms with van der Waals surface area (Å²) in [5, 5.41) is 12.0. The molecule has 1 N–H and O–H groups in total. The number of benzene rings is 2. The Kier molecular flexibility index (Phi) is 5.93. The summed E-state index contributed by atoms with van der Waals surface area (Å²) in [7, 11) is 0. The van der Waals surface area contributed by atoms with Gasteiger partial charge < -0.3 is 14.4 Å². The van der Waals surface area contributed by atoms with Crippen LogP contribution in [0.4, 0.5) is 0 Å². The van der Waals surface area contributed by atoms with E-state index in [1.807, 2.05) is 25.1 Å². The predicted molar refractivity (Wildman–Crippen MR) is 128 cm³/mol. The highest BCUT2D eigenvalue weighted by Crippen LogP contribution is 2.41. The van der Waals surface area contributed by atoms with Crippen LogP contribution in [0.2, 0.25) is 5.02 Å². The van der Waals surface area contributed by atoms with Crippen LogP contribution < -0.4 is 0 Å². The molecular formula is C27H26ClNO4. The molecule has 0 saturated carbocycles. The van der Waals surface area contributed by atoms with E-state index in [0.29, 0.717) is 21.9 Å². The normalized spacial score (nSPS) is 18.2. The van der Waals surface area contributed by atoms with Gasteiger partial charge in [0.25, 0.3) is 11.7 Å². The lowest BCUT2D eigenvalue weighted by Crippen LogP contribution is -2.29. The Hall–Kier alpha value is -3.31. The molecule has 1 saturated heterocycles. The van der Waals surface area contributed by atoms with Crippen molar-refractivity contribution in [2.45, 2.75) is 45.7 Å². The lowest BCUT2D eigenvalue weighted by molar-refractivity contribution is -0.140. The number of furan rings is 1. The summed E-state index contributed by atoms with van der Waals surface area (Å²) in [4.78, 5) is 27.8. The Balaban J connectivity index is 1.91. The van der Waals surface area contributed by atoms with Crippen molar-refractivity contribution in [1.82, 2.24) is 4.90 Å². The monoisotopic (exact) mass is 463 g/mol. The molecular weight excluding hydrogens is 438 g/mol. The average Bonchev–Trinajstić information content (AvgIpc) is 3.36. The first kappa shape index (κ1) is 22.9. The molecule has 1 atom stereocenters. The Morgan fingerprint density at radius 3 is 2.39 bits per heavy atom. The number of carbonyl (C=O) groups excluding carboxylic acids is 2. The quantitative estimate of drug-likeness (QED) is 0.285. The predicted octanol–water partition coefficient (Wildman–Crippen LogP) is 6.16. The zero-order valence-corrected chi connectivity index (χ0v) is 19.8. The van der Waals surface area contributed by atoms with Gasteiger partial charge in [-0.2, -0.15) is 0 Å². The second-order valence-corrected chi connectivity index (χ2v) is 9.77. The molecule has 1 aliphatic rings. The number of hydrogen-bond donors (Lipinski definition) is 1. The van der Waals surface area contributed by atoms with Crippen molar-refractivity contribution in [2.75, 3.05) is 0 Å². The third-order valence-electron chi connectivity index (χ3n) is 5.99. The maximum Gasteiger partial charge on any atom is 0.296 e. The summed E-state index contributed by atoms with van der Waals surface area (Å²) in [5.74, 6) is -1.04. The maximum absolute atomic E-state index is 13.2. The van der Waals surface area contributed by atoms with Gasteiger partial charge in [0, 0.05) is 10.6 Å². The lowest BCUT2D eigenvalue weighted by Gasteiger charge is -2.25. The second-order valence-electron chi connectivity index (χ2n) is 9.34. The largest absolute Gasteiger partial charge is 0.507 e. The topological polar surface area (TPSA) is 70.8 Å². The summed E-state index contributed by atoms with van der Waals surface area (Å²) in [6, 6.07) is 15.5. The highest BCUT2D eigenvalue weighted by molar-refractivity contribution is 6.46. The number of amides is 1. The minimum atomic E-state index is -0.773. The summed E-state index contributed by atoms with van der Waals surface area (Å²) >= 11 is 6.08. The van der Waals surface area contributed by atoms with E-state index >= 15 is 0 Å². The lowest BCUT2D eigenvalue weighted by atomic mass is 9.84. The van der Waals surface area contributed by atoms with E-state index in [1.54, 1.807) is 36.4 Å². The molecule has 5 nitrogen and oxygen atoms in total. The number of Topliss-reactive ketones (excluding diaryl/α,β-unsaturated/α-hetero) is 1. The van der Waals surface area contributed by atoms with E-state index in [4.69, 9.17) is 16.0 Å². The molecule has 1 amide bonds. The summed E-state index contributed by atoms with van der Waals surface area (Å²) in [6.07, 6.45) is 1.52. The van der Waals surface area contributed by atoms with Crippen molar-refractivity contribution < 1.29 is 19.1 Å². The number of aliphatic hydroxyl groups excluding tert-OH is 1. The minimum absolute atomic E-state index is 0.0584. The van der Waals surface area contributed by atoms with E-state index in [2.05, 4.69) is 20.8 Å². The molecule has 0 aliphatic carbocycles. The molecule has 2 aromatic carbocycles. The minimum Gasteiger partial charge on any atom is -0.507 e. The molecule has 1 aliphatic heterocycles. The van der Waals surface area contributed by atoms with Crippen molar-refractivity contribution in [1.29, 1.82) is 0 Å². The van der Waals surface area contributed by atoms with Crippen molar-refractivity contribution in [3.05, 3.63) is 99.5 Å². The van der Waals surface area contributed by atoms with Gasteiger partial charge in [-0.1, -0.05) is 56.6 Å². The first-order chi connectivity index (χ1) is 15.6. The molecule has 6 heteroatoms. The number of ketones is 1. The third-order valence-corrected chi connectivity index (χ3v) is 6.24. The molecule has 1 fully saturated rings. The highest BCUT2D eigenvalue weighted by Gasteiger charge is 2.46. The molecule has 1 aromatic heterocycles. The third kappa shape index (κ3) is 4.33. The van der Waals surface area contributed by atoms with Crippen LogP contribution in [0.5, 0.6) is 0 Å². The summed E-state index contributed by atoms with van der Waals surface area (Å²) in [5.41, 5.74) is 2.95. The van der Waals surface area contributed by atoms with Gasteiger partial charge in [0.1, 0.15) is 11.5 Å². The Labute approximate surface area is 198 Å². The number of rotatable bonds is 4. The van der Waals surface area contributed by atoms with Crippen LogP contribution in [0.15, 0.2) is 70.9 Å². The van der Waals surface area contributed by atoms with E-state index in [1.165, 1.54) is 11.2 Å². The maximum atomic E-state index is 13.2. The zero-order chi connectivity index (χ0) is 23.9. The molecule has 1 unspecified atom stereocenters. The van der Waals surface area contributed by atoms with Gasteiger partial charge in [0.15, 0.2) is 0 Å². The number of aliphatic hydroxyl groups is 1. The van der Waals surface area contributed by atoms with Crippen LogP contribution in [-0.4, -0.2) is 21.7 Å². The highest BCUT2D eigenvalue weighted by atomic mass is 35.5. The van der Waals surface area contributed by atoms with Crippen molar-refractivity contribution in [3.63, 3.8) is 0 Å². The first-order valence-corrected chi connectivity index (χ1v) is 11.1. The van der Waals surface area contributed by atoms with Crippen LogP contribution in [0, 0.1) is 6.92 Å². The SMILES string of the molecule is Cc1ccc(C(C)(C)C)cc1/C(O)=C1\C(=O)C(=O)N(Cc2ccco2)C1c1ccc(Cl)cc1. The zero-order valence-electron chi connectivity index (χ0n) is 19.1. The van der Waals surface area contributed by atoms with Crippen LogP contribution in [0.25, 0.3) is 5.76 Å². The van der Waals surface area contributed by atoms with Gasteiger partial charge in [0.2, 0.25) is 0 Å².